The van der Waals surface area contributed by atoms with E-state index in [0.717, 1.165) is 42.4 Å². The van der Waals surface area contributed by atoms with E-state index in [2.05, 4.69) is 20.6 Å². The Balaban J connectivity index is 1.33. The molecule has 0 unspecified atom stereocenters. The Hall–Kier alpha value is -4.47. The van der Waals surface area contributed by atoms with Crippen LogP contribution in [0.1, 0.15) is 30.6 Å². The highest BCUT2D eigenvalue weighted by atomic mass is 35.5. The van der Waals surface area contributed by atoms with Crippen LogP contribution in [0.3, 0.4) is 0 Å². The largest absolute Gasteiger partial charge is 0.496 e. The van der Waals surface area contributed by atoms with Crippen molar-refractivity contribution >= 4 is 40.3 Å². The van der Waals surface area contributed by atoms with Gasteiger partial charge in [0.1, 0.15) is 53.9 Å². The standard InChI is InChI=1S/C32H30ClFN4O4/c1-40-31-17-28-25(16-26(31)29-11-9-24(42-29)18-35-12-3-2-4-13-39)32(37-20-36-28)38-23-8-10-30(27(33)15-23)41-19-21-6-5-7-22(34)14-21/h5-11,13-17,20,35H,2-4,12,18-19H2,1H3,(H,36,37,38). The van der Waals surface area contributed by atoms with Crippen LogP contribution in [0.4, 0.5) is 15.9 Å². The van der Waals surface area contributed by atoms with E-state index in [1.807, 2.05) is 30.3 Å². The van der Waals surface area contributed by atoms with E-state index in [1.165, 1.54) is 18.5 Å². The Morgan fingerprint density at radius 3 is 2.74 bits per heavy atom. The number of unbranched alkanes of at least 4 members (excludes halogenated alkanes) is 2. The van der Waals surface area contributed by atoms with Crippen LogP contribution >= 0.6 is 11.6 Å². The Bertz CT molecular complexity index is 1680. The number of nitrogens with one attached hydrogen (secondary N) is 2. The van der Waals surface area contributed by atoms with E-state index in [0.29, 0.717) is 57.8 Å². The lowest BCUT2D eigenvalue weighted by Crippen LogP contribution is -2.14. The van der Waals surface area contributed by atoms with E-state index in [1.54, 1.807) is 31.4 Å². The second kappa shape index (κ2) is 13.9. The van der Waals surface area contributed by atoms with Gasteiger partial charge in [0.2, 0.25) is 0 Å². The summed E-state index contributed by atoms with van der Waals surface area (Å²) in [6.45, 7) is 1.58. The molecule has 0 atom stereocenters. The van der Waals surface area contributed by atoms with Crippen molar-refractivity contribution in [2.24, 2.45) is 0 Å². The van der Waals surface area contributed by atoms with Crippen molar-refractivity contribution < 1.29 is 23.1 Å². The second-order valence-electron chi connectivity index (χ2n) is 9.59. The van der Waals surface area contributed by atoms with Crippen molar-refractivity contribution in [3.05, 3.63) is 95.2 Å². The maximum atomic E-state index is 13.5. The van der Waals surface area contributed by atoms with Gasteiger partial charge in [-0.15, -0.1) is 0 Å². The minimum atomic E-state index is -0.317. The molecule has 2 aromatic heterocycles. The number of methoxy groups -OCH3 is 1. The topological polar surface area (TPSA) is 98.5 Å². The molecule has 0 aliphatic heterocycles. The van der Waals surface area contributed by atoms with Crippen LogP contribution in [0.15, 0.2) is 77.5 Å². The lowest BCUT2D eigenvalue weighted by Gasteiger charge is -2.13. The zero-order valence-corrected chi connectivity index (χ0v) is 23.8. The number of hydrogen-bond donors (Lipinski definition) is 2. The number of anilines is 2. The molecule has 42 heavy (non-hydrogen) atoms. The number of halogens is 2. The predicted octanol–water partition coefficient (Wildman–Crippen LogP) is 7.47. The molecule has 0 amide bonds. The first-order valence-electron chi connectivity index (χ1n) is 13.5. The van der Waals surface area contributed by atoms with Gasteiger partial charge in [-0.2, -0.15) is 0 Å². The van der Waals surface area contributed by atoms with Crippen molar-refractivity contribution in [3.63, 3.8) is 0 Å². The van der Waals surface area contributed by atoms with Gasteiger partial charge in [-0.1, -0.05) is 23.7 Å². The van der Waals surface area contributed by atoms with Crippen LogP contribution in [0.5, 0.6) is 11.5 Å². The minimum Gasteiger partial charge on any atom is -0.496 e. The van der Waals surface area contributed by atoms with Crippen LogP contribution in [-0.4, -0.2) is 29.9 Å². The number of benzene rings is 3. The number of aromatic nitrogens is 2. The van der Waals surface area contributed by atoms with E-state index in [4.69, 9.17) is 25.5 Å². The monoisotopic (exact) mass is 588 g/mol. The highest BCUT2D eigenvalue weighted by Gasteiger charge is 2.16. The number of ether oxygens (including phenoxy) is 2. The molecule has 0 radical (unpaired) electrons. The van der Waals surface area contributed by atoms with Gasteiger partial charge in [-0.25, -0.2) is 14.4 Å². The molecule has 3 aromatic carbocycles. The van der Waals surface area contributed by atoms with Gasteiger partial charge >= 0.3 is 0 Å². The molecule has 216 valence electrons. The average molecular weight is 589 g/mol. The molecule has 0 aliphatic rings. The number of carbonyl (C=O) groups is 1. The summed E-state index contributed by atoms with van der Waals surface area (Å²) in [5, 5.41) is 7.83. The molecule has 0 saturated carbocycles. The van der Waals surface area contributed by atoms with Gasteiger partial charge < -0.3 is 29.3 Å². The van der Waals surface area contributed by atoms with Crippen molar-refractivity contribution in [2.75, 3.05) is 19.0 Å². The molecular weight excluding hydrogens is 559 g/mol. The third-order valence-electron chi connectivity index (χ3n) is 6.59. The first-order valence-corrected chi connectivity index (χ1v) is 13.9. The lowest BCUT2D eigenvalue weighted by molar-refractivity contribution is -0.107. The summed E-state index contributed by atoms with van der Waals surface area (Å²) >= 11 is 6.51. The Kier molecular flexibility index (Phi) is 9.63. The van der Waals surface area contributed by atoms with Gasteiger partial charge in [0.05, 0.1) is 29.8 Å². The Labute approximate surface area is 247 Å². The normalized spacial score (nSPS) is 11.0. The fourth-order valence-electron chi connectivity index (χ4n) is 4.47. The van der Waals surface area contributed by atoms with Crippen LogP contribution < -0.4 is 20.1 Å². The van der Waals surface area contributed by atoms with Gasteiger partial charge in [0, 0.05) is 23.6 Å². The Morgan fingerprint density at radius 1 is 1.02 bits per heavy atom. The quantitative estimate of drug-likeness (QED) is 0.102. The van der Waals surface area contributed by atoms with Gasteiger partial charge in [0.15, 0.2) is 0 Å². The van der Waals surface area contributed by atoms with Gasteiger partial charge in [-0.05, 0) is 73.5 Å². The highest BCUT2D eigenvalue weighted by Crippen LogP contribution is 2.37. The minimum absolute atomic E-state index is 0.192. The summed E-state index contributed by atoms with van der Waals surface area (Å²) in [6, 6.07) is 19.2. The van der Waals surface area contributed by atoms with E-state index >= 15 is 0 Å². The third kappa shape index (κ3) is 7.23. The zero-order valence-electron chi connectivity index (χ0n) is 23.0. The van der Waals surface area contributed by atoms with E-state index in [-0.39, 0.29) is 12.4 Å². The molecule has 2 N–H and O–H groups in total. The SMILES string of the molecule is COc1cc2ncnc(Nc3ccc(OCc4cccc(F)c4)c(Cl)c3)c2cc1-c1ccc(CNCCCCC=O)o1. The van der Waals surface area contributed by atoms with Gasteiger partial charge in [-0.3, -0.25) is 0 Å². The molecular formula is C32H30ClFN4O4. The van der Waals surface area contributed by atoms with Crippen molar-refractivity contribution in [2.45, 2.75) is 32.4 Å². The number of nitrogens with zero attached hydrogens (tertiary/aromatic N) is 2. The fourth-order valence-corrected chi connectivity index (χ4v) is 4.71. The number of rotatable bonds is 14. The van der Waals surface area contributed by atoms with Crippen molar-refractivity contribution in [3.8, 4) is 22.8 Å². The molecule has 5 aromatic rings. The molecule has 0 bridgehead atoms. The summed E-state index contributed by atoms with van der Waals surface area (Å²) in [4.78, 5) is 19.4. The molecule has 8 nitrogen and oxygen atoms in total. The number of carbonyl (C=O) groups excluding carboxylic acids is 1. The van der Waals surface area contributed by atoms with Crippen LogP contribution in [0.25, 0.3) is 22.2 Å². The molecule has 0 spiro atoms. The molecule has 0 aliphatic carbocycles. The van der Waals surface area contributed by atoms with Crippen LogP contribution in [0.2, 0.25) is 5.02 Å². The van der Waals surface area contributed by atoms with Crippen LogP contribution in [-0.2, 0) is 17.9 Å². The van der Waals surface area contributed by atoms with Crippen molar-refractivity contribution in [1.29, 1.82) is 0 Å². The van der Waals surface area contributed by atoms with Crippen LogP contribution in [0, 0.1) is 5.82 Å². The summed E-state index contributed by atoms with van der Waals surface area (Å²) in [5.74, 6) is 2.82. The number of furan rings is 1. The molecule has 10 heteroatoms. The lowest BCUT2D eigenvalue weighted by atomic mass is 10.1. The molecule has 0 saturated heterocycles. The molecule has 5 rings (SSSR count). The smallest absolute Gasteiger partial charge is 0.141 e. The first kappa shape index (κ1) is 29.0. The molecule has 2 heterocycles. The summed E-state index contributed by atoms with van der Waals surface area (Å²) in [6.07, 6.45) is 4.80. The maximum Gasteiger partial charge on any atom is 0.141 e. The number of aldehydes is 1. The number of fused-ring (bicyclic) bond motifs is 1. The first-order chi connectivity index (χ1) is 20.5. The summed E-state index contributed by atoms with van der Waals surface area (Å²) in [5.41, 5.74) is 2.87. The second-order valence-corrected chi connectivity index (χ2v) is 9.99. The van der Waals surface area contributed by atoms with E-state index < -0.39 is 0 Å². The van der Waals surface area contributed by atoms with Crippen molar-refractivity contribution in [1.82, 2.24) is 15.3 Å². The Morgan fingerprint density at radius 2 is 1.93 bits per heavy atom. The van der Waals surface area contributed by atoms with Gasteiger partial charge in [0.25, 0.3) is 0 Å². The predicted molar refractivity (Wildman–Crippen MR) is 161 cm³/mol. The summed E-state index contributed by atoms with van der Waals surface area (Å²) in [7, 11) is 1.61. The third-order valence-corrected chi connectivity index (χ3v) is 6.88. The van der Waals surface area contributed by atoms with E-state index in [9.17, 15) is 9.18 Å². The number of hydrogen-bond acceptors (Lipinski definition) is 8. The highest BCUT2D eigenvalue weighted by molar-refractivity contribution is 6.32. The maximum absolute atomic E-state index is 13.5. The molecule has 0 fully saturated rings. The summed E-state index contributed by atoms with van der Waals surface area (Å²) < 4.78 is 31.1. The average Bonchev–Trinajstić information content (AvgIpc) is 3.47. The fraction of sp³-hybridized carbons (Fsp3) is 0.219. The zero-order chi connectivity index (χ0) is 29.3.